The minimum atomic E-state index is -0.417. The molecule has 19 heavy (non-hydrogen) atoms. The highest BCUT2D eigenvalue weighted by molar-refractivity contribution is 7.98. The number of para-hydroxylation sites is 1. The molecular weight excluding hydrogens is 256 g/mol. The monoisotopic (exact) mass is 268 g/mol. The summed E-state index contributed by atoms with van der Waals surface area (Å²) in [5, 5.41) is 1.01. The molecule has 0 aliphatic heterocycles. The first kappa shape index (κ1) is 11.9. The molecule has 0 bridgehead atoms. The van der Waals surface area contributed by atoms with Crippen LogP contribution in [-0.2, 0) is 0 Å². The first-order valence-electron chi connectivity index (χ1n) is 5.89. The summed E-state index contributed by atoms with van der Waals surface area (Å²) >= 11 is 1.49. The van der Waals surface area contributed by atoms with Crippen molar-refractivity contribution in [2.24, 2.45) is 5.73 Å². The number of benzene rings is 2. The van der Waals surface area contributed by atoms with E-state index in [2.05, 4.69) is 0 Å². The average molecular weight is 268 g/mol. The number of hydrogen-bond acceptors (Lipinski definition) is 2. The maximum absolute atomic E-state index is 11.6. The summed E-state index contributed by atoms with van der Waals surface area (Å²) in [5.41, 5.74) is 6.96. The van der Waals surface area contributed by atoms with Crippen LogP contribution in [0.25, 0.3) is 10.9 Å². The molecule has 0 fully saturated rings. The van der Waals surface area contributed by atoms with Crippen molar-refractivity contribution >= 4 is 28.8 Å². The minimum Gasteiger partial charge on any atom is -0.364 e. The first-order chi connectivity index (χ1) is 9.25. The second kappa shape index (κ2) is 4.82. The van der Waals surface area contributed by atoms with Crippen LogP contribution in [0.4, 0.5) is 0 Å². The van der Waals surface area contributed by atoms with Crippen LogP contribution in [0.15, 0.2) is 65.6 Å². The highest BCUT2D eigenvalue weighted by atomic mass is 32.2. The molecule has 3 aromatic rings. The largest absolute Gasteiger partial charge is 0.364 e. The zero-order valence-corrected chi connectivity index (χ0v) is 10.9. The lowest BCUT2D eigenvalue weighted by Crippen LogP contribution is -2.14. The lowest BCUT2D eigenvalue weighted by molar-refractivity contribution is 0.0995. The van der Waals surface area contributed by atoms with Crippen LogP contribution in [0.3, 0.4) is 0 Å². The topological polar surface area (TPSA) is 48.0 Å². The van der Waals surface area contributed by atoms with Crippen LogP contribution < -0.4 is 5.73 Å². The van der Waals surface area contributed by atoms with Gasteiger partial charge in [-0.05, 0) is 36.2 Å². The van der Waals surface area contributed by atoms with Gasteiger partial charge in [0.15, 0.2) is 0 Å². The van der Waals surface area contributed by atoms with Gasteiger partial charge in [-0.2, -0.15) is 0 Å². The Bertz CT molecular complexity index is 734. The fourth-order valence-corrected chi connectivity index (χ4v) is 2.98. The molecule has 0 atom stereocenters. The van der Waals surface area contributed by atoms with E-state index in [1.165, 1.54) is 11.9 Å². The molecule has 0 aliphatic rings. The Morgan fingerprint density at radius 1 is 1.00 bits per heavy atom. The standard InChI is InChI=1S/C15H12N2OS/c16-15(18)14-10-11-6-4-5-9-13(11)17(14)19-12-7-2-1-3-8-12/h1-10H,(H2,16,18). The minimum absolute atomic E-state index is 0.417. The zero-order chi connectivity index (χ0) is 13.2. The normalized spacial score (nSPS) is 10.7. The smallest absolute Gasteiger partial charge is 0.266 e. The number of primary amides is 1. The highest BCUT2D eigenvalue weighted by Crippen LogP contribution is 2.29. The van der Waals surface area contributed by atoms with Crippen molar-refractivity contribution in [3.63, 3.8) is 0 Å². The van der Waals surface area contributed by atoms with Crippen LogP contribution >= 0.6 is 11.9 Å². The Kier molecular flexibility index (Phi) is 3.01. The van der Waals surface area contributed by atoms with Gasteiger partial charge in [0.1, 0.15) is 5.69 Å². The number of nitrogens with zero attached hydrogens (tertiary/aromatic N) is 1. The van der Waals surface area contributed by atoms with Gasteiger partial charge in [-0.1, -0.05) is 36.4 Å². The van der Waals surface area contributed by atoms with Crippen molar-refractivity contribution < 1.29 is 4.79 Å². The second-order valence-electron chi connectivity index (χ2n) is 4.15. The molecule has 94 valence electrons. The quantitative estimate of drug-likeness (QED) is 0.792. The van der Waals surface area contributed by atoms with Gasteiger partial charge in [-0.15, -0.1) is 0 Å². The number of hydrogen-bond donors (Lipinski definition) is 1. The predicted octanol–water partition coefficient (Wildman–Crippen LogP) is 3.30. The molecule has 1 aromatic heterocycles. The van der Waals surface area contributed by atoms with Gasteiger partial charge in [0, 0.05) is 10.3 Å². The summed E-state index contributed by atoms with van der Waals surface area (Å²) in [4.78, 5) is 12.6. The molecule has 1 heterocycles. The molecule has 0 saturated carbocycles. The second-order valence-corrected chi connectivity index (χ2v) is 5.17. The van der Waals surface area contributed by atoms with E-state index in [1.54, 1.807) is 0 Å². The van der Waals surface area contributed by atoms with Crippen LogP contribution in [0.1, 0.15) is 10.5 Å². The van der Waals surface area contributed by atoms with E-state index in [4.69, 9.17) is 5.73 Å². The van der Waals surface area contributed by atoms with Gasteiger partial charge in [-0.25, -0.2) is 0 Å². The molecule has 3 nitrogen and oxygen atoms in total. The van der Waals surface area contributed by atoms with E-state index in [0.29, 0.717) is 5.69 Å². The fraction of sp³-hybridized carbons (Fsp3) is 0. The van der Waals surface area contributed by atoms with Crippen LogP contribution in [0, 0.1) is 0 Å². The summed E-state index contributed by atoms with van der Waals surface area (Å²) in [7, 11) is 0. The third kappa shape index (κ3) is 2.22. The van der Waals surface area contributed by atoms with E-state index < -0.39 is 5.91 Å². The Morgan fingerprint density at radius 3 is 2.42 bits per heavy atom. The molecular formula is C15H12N2OS. The maximum atomic E-state index is 11.6. The number of nitrogens with two attached hydrogens (primary N) is 1. The van der Waals surface area contributed by atoms with Crippen LogP contribution in [0.2, 0.25) is 0 Å². The molecule has 0 aliphatic carbocycles. The number of amides is 1. The van der Waals surface area contributed by atoms with E-state index in [0.717, 1.165) is 15.8 Å². The summed E-state index contributed by atoms with van der Waals surface area (Å²) in [6, 6.07) is 19.6. The molecule has 2 N–H and O–H groups in total. The summed E-state index contributed by atoms with van der Waals surface area (Å²) in [6.45, 7) is 0. The molecule has 1 amide bonds. The van der Waals surface area contributed by atoms with E-state index in [-0.39, 0.29) is 0 Å². The van der Waals surface area contributed by atoms with Crippen molar-refractivity contribution in [1.82, 2.24) is 3.97 Å². The summed E-state index contributed by atoms with van der Waals surface area (Å²) in [6.07, 6.45) is 0. The number of fused-ring (bicyclic) bond motifs is 1. The van der Waals surface area contributed by atoms with Gasteiger partial charge in [0.25, 0.3) is 5.91 Å². The number of rotatable bonds is 3. The van der Waals surface area contributed by atoms with Crippen LogP contribution in [0.5, 0.6) is 0 Å². The Morgan fingerprint density at radius 2 is 1.68 bits per heavy atom. The molecule has 0 radical (unpaired) electrons. The van der Waals surface area contributed by atoms with Crippen molar-refractivity contribution in [2.45, 2.75) is 4.90 Å². The number of carbonyl (C=O) groups excluding carboxylic acids is 1. The van der Waals surface area contributed by atoms with Gasteiger partial charge in [0.2, 0.25) is 0 Å². The lowest BCUT2D eigenvalue weighted by atomic mass is 10.2. The maximum Gasteiger partial charge on any atom is 0.266 e. The van der Waals surface area contributed by atoms with Gasteiger partial charge >= 0.3 is 0 Å². The fourth-order valence-electron chi connectivity index (χ4n) is 1.99. The van der Waals surface area contributed by atoms with E-state index in [1.807, 2.05) is 64.6 Å². The molecule has 0 spiro atoms. The predicted molar refractivity (Wildman–Crippen MR) is 78.2 cm³/mol. The third-order valence-corrected chi connectivity index (χ3v) is 3.92. The van der Waals surface area contributed by atoms with Gasteiger partial charge in [-0.3, -0.25) is 8.77 Å². The Hall–Kier alpha value is -2.20. The Balaban J connectivity index is 2.15. The SMILES string of the molecule is NC(=O)c1cc2ccccc2n1Sc1ccccc1. The lowest BCUT2D eigenvalue weighted by Gasteiger charge is -2.07. The third-order valence-electron chi connectivity index (χ3n) is 2.86. The number of carbonyl (C=O) groups is 1. The molecule has 3 rings (SSSR count). The number of aromatic nitrogens is 1. The average Bonchev–Trinajstić information content (AvgIpc) is 2.79. The first-order valence-corrected chi connectivity index (χ1v) is 6.67. The summed E-state index contributed by atoms with van der Waals surface area (Å²) in [5.74, 6) is -0.417. The van der Waals surface area contributed by atoms with Crippen LogP contribution in [-0.4, -0.2) is 9.88 Å². The molecule has 2 aromatic carbocycles. The molecule has 0 unspecified atom stereocenters. The van der Waals surface area contributed by atoms with Crippen molar-refractivity contribution in [3.05, 3.63) is 66.4 Å². The zero-order valence-electron chi connectivity index (χ0n) is 10.1. The molecule has 4 heteroatoms. The summed E-state index contributed by atoms with van der Waals surface area (Å²) < 4.78 is 1.88. The van der Waals surface area contributed by atoms with Crippen molar-refractivity contribution in [1.29, 1.82) is 0 Å². The van der Waals surface area contributed by atoms with Crippen molar-refractivity contribution in [2.75, 3.05) is 0 Å². The van der Waals surface area contributed by atoms with Crippen molar-refractivity contribution in [3.8, 4) is 0 Å². The van der Waals surface area contributed by atoms with E-state index in [9.17, 15) is 4.79 Å². The van der Waals surface area contributed by atoms with Gasteiger partial charge < -0.3 is 5.73 Å². The molecule has 0 saturated heterocycles. The highest BCUT2D eigenvalue weighted by Gasteiger charge is 2.13. The van der Waals surface area contributed by atoms with Gasteiger partial charge in [0.05, 0.1) is 5.52 Å². The Labute approximate surface area is 115 Å². The van der Waals surface area contributed by atoms with E-state index >= 15 is 0 Å².